The summed E-state index contributed by atoms with van der Waals surface area (Å²) in [5.74, 6) is 0. The minimum atomic E-state index is 0.972. The maximum Gasteiger partial charge on any atom is 0.145 e. The summed E-state index contributed by atoms with van der Waals surface area (Å²) in [6.07, 6.45) is 4.12. The van der Waals surface area contributed by atoms with Gasteiger partial charge in [-0.2, -0.15) is 0 Å². The highest BCUT2D eigenvalue weighted by Gasteiger charge is 2.08. The molecule has 0 fully saturated rings. The standard InChI is InChI=1S/C17H10Br2N2/c18-14-6-5-12(9-15(14)19)16-10-21-8-7-11-3-1-2-4-13(11)17(21)20-16/h1-10H. The molecule has 0 saturated heterocycles. The Balaban J connectivity index is 1.98. The minimum absolute atomic E-state index is 0.972. The lowest BCUT2D eigenvalue weighted by Gasteiger charge is -1.99. The Hall–Kier alpha value is -1.65. The van der Waals surface area contributed by atoms with Crippen LogP contribution in [0.5, 0.6) is 0 Å². The van der Waals surface area contributed by atoms with Gasteiger partial charge in [0.15, 0.2) is 0 Å². The van der Waals surface area contributed by atoms with Crippen molar-refractivity contribution >= 4 is 48.3 Å². The number of fused-ring (bicyclic) bond motifs is 3. The van der Waals surface area contributed by atoms with Crippen LogP contribution in [0.2, 0.25) is 0 Å². The maximum absolute atomic E-state index is 4.81. The molecule has 0 radical (unpaired) electrons. The van der Waals surface area contributed by atoms with Crippen molar-refractivity contribution in [3.8, 4) is 11.3 Å². The number of rotatable bonds is 1. The molecule has 0 saturated carbocycles. The Kier molecular flexibility index (Phi) is 3.08. The lowest BCUT2D eigenvalue weighted by Crippen LogP contribution is -1.83. The van der Waals surface area contributed by atoms with Crippen LogP contribution in [0.15, 0.2) is 69.9 Å². The number of nitrogens with zero attached hydrogens (tertiary/aromatic N) is 2. The topological polar surface area (TPSA) is 17.3 Å². The van der Waals surface area contributed by atoms with Gasteiger partial charge in [0.1, 0.15) is 5.65 Å². The normalized spacial score (nSPS) is 11.3. The van der Waals surface area contributed by atoms with E-state index in [1.54, 1.807) is 0 Å². The van der Waals surface area contributed by atoms with Crippen molar-refractivity contribution in [2.75, 3.05) is 0 Å². The van der Waals surface area contributed by atoms with E-state index in [1.165, 1.54) is 10.8 Å². The fraction of sp³-hybridized carbons (Fsp3) is 0. The number of imidazole rings is 1. The zero-order chi connectivity index (χ0) is 14.4. The Bertz CT molecular complexity index is 973. The number of halogens is 2. The lowest BCUT2D eigenvalue weighted by atomic mass is 10.2. The first kappa shape index (κ1) is 13.0. The number of benzene rings is 2. The van der Waals surface area contributed by atoms with E-state index in [1.807, 2.05) is 12.1 Å². The zero-order valence-corrected chi connectivity index (χ0v) is 14.1. The predicted molar refractivity (Wildman–Crippen MR) is 93.5 cm³/mol. The summed E-state index contributed by atoms with van der Waals surface area (Å²) in [4.78, 5) is 4.81. The fourth-order valence-corrected chi connectivity index (χ4v) is 3.13. The number of hydrogen-bond acceptors (Lipinski definition) is 1. The molecule has 2 aromatic heterocycles. The van der Waals surface area contributed by atoms with Gasteiger partial charge in [-0.15, -0.1) is 0 Å². The van der Waals surface area contributed by atoms with Crippen LogP contribution in [0.3, 0.4) is 0 Å². The SMILES string of the molecule is Brc1ccc(-c2cn3ccc4ccccc4c3n2)cc1Br. The molecule has 2 aromatic carbocycles. The number of aromatic nitrogens is 2. The molecule has 102 valence electrons. The molecule has 0 aliphatic rings. The first-order valence-corrected chi connectivity index (χ1v) is 8.13. The van der Waals surface area contributed by atoms with Crippen LogP contribution in [0.1, 0.15) is 0 Å². The first-order chi connectivity index (χ1) is 10.2. The molecule has 0 spiro atoms. The van der Waals surface area contributed by atoms with Crippen LogP contribution in [0.25, 0.3) is 27.7 Å². The molecule has 0 atom stereocenters. The molecule has 2 heterocycles. The van der Waals surface area contributed by atoms with Crippen molar-refractivity contribution in [2.24, 2.45) is 0 Å². The Labute approximate surface area is 138 Å². The summed E-state index contributed by atoms with van der Waals surface area (Å²) < 4.78 is 4.15. The summed E-state index contributed by atoms with van der Waals surface area (Å²) >= 11 is 7.04. The smallest absolute Gasteiger partial charge is 0.145 e. The highest BCUT2D eigenvalue weighted by atomic mass is 79.9. The molecular weight excluding hydrogens is 392 g/mol. The summed E-state index contributed by atoms with van der Waals surface area (Å²) in [6, 6.07) is 16.6. The molecule has 0 amide bonds. The van der Waals surface area contributed by atoms with Gasteiger partial charge in [0.05, 0.1) is 5.69 Å². The van der Waals surface area contributed by atoms with Gasteiger partial charge < -0.3 is 4.40 Å². The number of hydrogen-bond donors (Lipinski definition) is 0. The van der Waals surface area contributed by atoms with Gasteiger partial charge in [-0.05, 0) is 55.4 Å². The molecule has 0 aliphatic heterocycles. The second-order valence-corrected chi connectivity index (χ2v) is 6.60. The maximum atomic E-state index is 4.81. The lowest BCUT2D eigenvalue weighted by molar-refractivity contribution is 1.20. The second kappa shape index (κ2) is 4.97. The largest absolute Gasteiger partial charge is 0.306 e. The Morgan fingerprint density at radius 1 is 0.905 bits per heavy atom. The average Bonchev–Trinajstić information content (AvgIpc) is 2.94. The molecule has 0 aliphatic carbocycles. The van der Waals surface area contributed by atoms with Crippen molar-refractivity contribution in [3.63, 3.8) is 0 Å². The van der Waals surface area contributed by atoms with Crippen LogP contribution >= 0.6 is 31.9 Å². The monoisotopic (exact) mass is 400 g/mol. The number of pyridine rings is 1. The van der Waals surface area contributed by atoms with E-state index in [0.29, 0.717) is 0 Å². The van der Waals surface area contributed by atoms with Crippen molar-refractivity contribution in [2.45, 2.75) is 0 Å². The van der Waals surface area contributed by atoms with E-state index < -0.39 is 0 Å². The molecule has 2 nitrogen and oxygen atoms in total. The van der Waals surface area contributed by atoms with Gasteiger partial charge in [0, 0.05) is 32.3 Å². The van der Waals surface area contributed by atoms with Gasteiger partial charge in [-0.1, -0.05) is 30.3 Å². The third-order valence-electron chi connectivity index (χ3n) is 3.56. The van der Waals surface area contributed by atoms with Gasteiger partial charge in [-0.3, -0.25) is 0 Å². The second-order valence-electron chi connectivity index (χ2n) is 4.89. The molecule has 0 unspecified atom stereocenters. The first-order valence-electron chi connectivity index (χ1n) is 6.54. The van der Waals surface area contributed by atoms with Gasteiger partial charge in [0.25, 0.3) is 0 Å². The Morgan fingerprint density at radius 3 is 2.62 bits per heavy atom. The summed E-state index contributed by atoms with van der Waals surface area (Å²) in [5, 5.41) is 2.38. The van der Waals surface area contributed by atoms with Crippen molar-refractivity contribution in [1.82, 2.24) is 9.38 Å². The predicted octanol–water partition coefficient (Wildman–Crippen LogP) is 5.68. The molecule has 0 bridgehead atoms. The van der Waals surface area contributed by atoms with Crippen LogP contribution in [-0.4, -0.2) is 9.38 Å². The summed E-state index contributed by atoms with van der Waals surface area (Å²) in [6.45, 7) is 0. The van der Waals surface area contributed by atoms with E-state index >= 15 is 0 Å². The Morgan fingerprint density at radius 2 is 1.76 bits per heavy atom. The summed E-state index contributed by atoms with van der Waals surface area (Å²) in [5.41, 5.74) is 3.06. The van der Waals surface area contributed by atoms with Crippen molar-refractivity contribution in [1.29, 1.82) is 0 Å². The molecule has 4 aromatic rings. The average molecular weight is 402 g/mol. The molecule has 4 heteroatoms. The van der Waals surface area contributed by atoms with E-state index in [4.69, 9.17) is 4.98 Å². The molecule has 0 N–H and O–H groups in total. The third-order valence-corrected chi connectivity index (χ3v) is 5.44. The van der Waals surface area contributed by atoms with Gasteiger partial charge >= 0.3 is 0 Å². The van der Waals surface area contributed by atoms with Gasteiger partial charge in [-0.25, -0.2) is 4.98 Å². The summed E-state index contributed by atoms with van der Waals surface area (Å²) in [7, 11) is 0. The van der Waals surface area contributed by atoms with Gasteiger partial charge in [0.2, 0.25) is 0 Å². The fourth-order valence-electron chi connectivity index (χ4n) is 2.51. The highest BCUT2D eigenvalue weighted by molar-refractivity contribution is 9.13. The quantitative estimate of drug-likeness (QED) is 0.401. The van der Waals surface area contributed by atoms with Crippen LogP contribution in [-0.2, 0) is 0 Å². The van der Waals surface area contributed by atoms with E-state index in [2.05, 4.69) is 85.1 Å². The van der Waals surface area contributed by atoms with Crippen LogP contribution in [0.4, 0.5) is 0 Å². The van der Waals surface area contributed by atoms with Crippen molar-refractivity contribution < 1.29 is 0 Å². The highest BCUT2D eigenvalue weighted by Crippen LogP contribution is 2.30. The van der Waals surface area contributed by atoms with E-state index in [-0.39, 0.29) is 0 Å². The third kappa shape index (κ3) is 2.19. The van der Waals surface area contributed by atoms with Crippen LogP contribution < -0.4 is 0 Å². The van der Waals surface area contributed by atoms with E-state index in [9.17, 15) is 0 Å². The van der Waals surface area contributed by atoms with Crippen molar-refractivity contribution in [3.05, 3.63) is 69.9 Å². The van der Waals surface area contributed by atoms with E-state index in [0.717, 1.165) is 25.8 Å². The molecule has 4 rings (SSSR count). The zero-order valence-electron chi connectivity index (χ0n) is 10.9. The molecule has 21 heavy (non-hydrogen) atoms. The molecular formula is C17H10Br2N2. The minimum Gasteiger partial charge on any atom is -0.306 e. The van der Waals surface area contributed by atoms with Crippen LogP contribution in [0, 0.1) is 0 Å².